The van der Waals surface area contributed by atoms with Gasteiger partial charge >= 0.3 is 17.8 Å². The Bertz CT molecular complexity index is 983. The SMILES string of the molecule is Cc1cc(CCCOc2ccc(-c3noc(C(F)(F)F)n3)cc2[N+](=O)[O-])on1. The van der Waals surface area contributed by atoms with Gasteiger partial charge in [-0.3, -0.25) is 10.1 Å². The number of alkyl halides is 3. The molecule has 3 rings (SSSR count). The normalized spacial score (nSPS) is 11.6. The van der Waals surface area contributed by atoms with Crippen LogP contribution in [0.25, 0.3) is 11.4 Å². The zero-order valence-corrected chi connectivity index (χ0v) is 14.4. The number of ether oxygens (including phenoxy) is 1. The maximum absolute atomic E-state index is 12.6. The van der Waals surface area contributed by atoms with Gasteiger partial charge in [0.2, 0.25) is 5.82 Å². The minimum absolute atomic E-state index is 0.00423. The lowest BCUT2D eigenvalue weighted by atomic mass is 10.1. The number of nitro groups is 1. The quantitative estimate of drug-likeness (QED) is 0.333. The largest absolute Gasteiger partial charge is 0.487 e. The zero-order valence-electron chi connectivity index (χ0n) is 14.4. The molecule has 3 aromatic rings. The van der Waals surface area contributed by atoms with E-state index in [1.165, 1.54) is 12.1 Å². The van der Waals surface area contributed by atoms with Gasteiger partial charge < -0.3 is 13.8 Å². The minimum Gasteiger partial charge on any atom is -0.487 e. The van der Waals surface area contributed by atoms with Gasteiger partial charge in [-0.2, -0.15) is 18.2 Å². The van der Waals surface area contributed by atoms with Crippen molar-refractivity contribution in [2.24, 2.45) is 0 Å². The first-order valence-electron chi connectivity index (χ1n) is 7.99. The Morgan fingerprint density at radius 2 is 2.00 bits per heavy atom. The van der Waals surface area contributed by atoms with Crippen molar-refractivity contribution in [1.29, 1.82) is 0 Å². The number of halogens is 3. The van der Waals surface area contributed by atoms with E-state index in [0.717, 1.165) is 11.8 Å². The van der Waals surface area contributed by atoms with E-state index in [1.54, 1.807) is 13.0 Å². The Hall–Kier alpha value is -3.44. The molecule has 148 valence electrons. The summed E-state index contributed by atoms with van der Waals surface area (Å²) in [7, 11) is 0. The number of nitro benzene ring substituents is 1. The molecule has 2 heterocycles. The van der Waals surface area contributed by atoms with Crippen molar-refractivity contribution in [3.05, 3.63) is 51.7 Å². The predicted octanol–water partition coefficient (Wildman–Crippen LogP) is 3.97. The second kappa shape index (κ2) is 7.66. The summed E-state index contributed by atoms with van der Waals surface area (Å²) >= 11 is 0. The molecule has 0 aliphatic rings. The first kappa shape index (κ1) is 19.3. The van der Waals surface area contributed by atoms with Gasteiger partial charge in [0.05, 0.1) is 17.2 Å². The van der Waals surface area contributed by atoms with Crippen LogP contribution in [-0.4, -0.2) is 26.8 Å². The van der Waals surface area contributed by atoms with E-state index in [0.29, 0.717) is 18.6 Å². The second-order valence-electron chi connectivity index (χ2n) is 5.75. The van der Waals surface area contributed by atoms with E-state index < -0.39 is 28.5 Å². The van der Waals surface area contributed by atoms with Crippen LogP contribution in [0, 0.1) is 17.0 Å². The van der Waals surface area contributed by atoms with E-state index in [4.69, 9.17) is 9.26 Å². The highest BCUT2D eigenvalue weighted by Crippen LogP contribution is 2.33. The molecule has 0 atom stereocenters. The van der Waals surface area contributed by atoms with E-state index >= 15 is 0 Å². The second-order valence-corrected chi connectivity index (χ2v) is 5.75. The molecule has 0 aliphatic heterocycles. The maximum Gasteiger partial charge on any atom is 0.471 e. The van der Waals surface area contributed by atoms with Crippen molar-refractivity contribution in [3.63, 3.8) is 0 Å². The summed E-state index contributed by atoms with van der Waals surface area (Å²) in [5.74, 6) is -1.30. The van der Waals surface area contributed by atoms with Crippen molar-refractivity contribution in [2.75, 3.05) is 6.61 Å². The predicted molar refractivity (Wildman–Crippen MR) is 86.4 cm³/mol. The third-order valence-electron chi connectivity index (χ3n) is 3.58. The average Bonchev–Trinajstić information content (AvgIpc) is 3.27. The van der Waals surface area contributed by atoms with E-state index in [9.17, 15) is 23.3 Å². The van der Waals surface area contributed by atoms with Gasteiger partial charge in [0.1, 0.15) is 5.76 Å². The fourth-order valence-corrected chi connectivity index (χ4v) is 2.34. The summed E-state index contributed by atoms with van der Waals surface area (Å²) in [5.41, 5.74) is 0.319. The van der Waals surface area contributed by atoms with Gasteiger partial charge in [-0.05, 0) is 25.5 Å². The molecule has 0 radical (unpaired) electrons. The van der Waals surface area contributed by atoms with Crippen molar-refractivity contribution in [3.8, 4) is 17.1 Å². The molecule has 12 heteroatoms. The Morgan fingerprint density at radius 3 is 2.61 bits per heavy atom. The Balaban J connectivity index is 1.70. The van der Waals surface area contributed by atoms with Gasteiger partial charge in [-0.1, -0.05) is 10.3 Å². The number of hydrogen-bond acceptors (Lipinski definition) is 8. The highest BCUT2D eigenvalue weighted by atomic mass is 19.4. The molecule has 0 aliphatic carbocycles. The Labute approximate surface area is 155 Å². The number of rotatable bonds is 7. The molecule has 2 aromatic heterocycles. The van der Waals surface area contributed by atoms with E-state index in [-0.39, 0.29) is 17.9 Å². The standard InChI is InChI=1S/C16H13F3N4O5/c1-9-7-11(27-21-9)3-2-6-26-13-5-4-10(8-12(13)23(24)25)14-20-15(28-22-14)16(17,18)19/h4-5,7-8H,2-3,6H2,1H3. The highest BCUT2D eigenvalue weighted by Gasteiger charge is 2.38. The molecule has 0 saturated heterocycles. The van der Waals surface area contributed by atoms with Crippen LogP contribution in [0.4, 0.5) is 18.9 Å². The molecule has 0 N–H and O–H groups in total. The summed E-state index contributed by atoms with van der Waals surface area (Å²) in [5, 5.41) is 18.2. The smallest absolute Gasteiger partial charge is 0.471 e. The maximum atomic E-state index is 12.6. The lowest BCUT2D eigenvalue weighted by Gasteiger charge is -2.07. The number of hydrogen-bond donors (Lipinski definition) is 0. The van der Waals surface area contributed by atoms with Crippen LogP contribution >= 0.6 is 0 Å². The van der Waals surface area contributed by atoms with Crippen molar-refractivity contribution < 1.29 is 31.9 Å². The number of benzene rings is 1. The van der Waals surface area contributed by atoms with E-state index in [1.807, 2.05) is 0 Å². The molecule has 28 heavy (non-hydrogen) atoms. The van der Waals surface area contributed by atoms with Gasteiger partial charge in [0.15, 0.2) is 5.75 Å². The topological polar surface area (TPSA) is 117 Å². The molecule has 0 bridgehead atoms. The first-order valence-corrected chi connectivity index (χ1v) is 7.99. The molecule has 9 nitrogen and oxygen atoms in total. The Morgan fingerprint density at radius 1 is 1.21 bits per heavy atom. The van der Waals surface area contributed by atoms with Crippen LogP contribution < -0.4 is 4.74 Å². The van der Waals surface area contributed by atoms with Crippen LogP contribution in [0.2, 0.25) is 0 Å². The Kier molecular flexibility index (Phi) is 5.29. The zero-order chi connectivity index (χ0) is 20.3. The van der Waals surface area contributed by atoms with Gasteiger partial charge in [-0.15, -0.1) is 0 Å². The van der Waals surface area contributed by atoms with E-state index in [2.05, 4.69) is 19.8 Å². The van der Waals surface area contributed by atoms with Crippen LogP contribution in [-0.2, 0) is 12.6 Å². The van der Waals surface area contributed by atoms with Gasteiger partial charge in [0, 0.05) is 24.1 Å². The van der Waals surface area contributed by atoms with Crippen LogP contribution in [0.3, 0.4) is 0 Å². The third-order valence-corrected chi connectivity index (χ3v) is 3.58. The molecular weight excluding hydrogens is 385 g/mol. The average molecular weight is 398 g/mol. The molecule has 0 unspecified atom stereocenters. The van der Waals surface area contributed by atoms with Crippen LogP contribution in [0.5, 0.6) is 5.75 Å². The number of aryl methyl sites for hydroxylation is 2. The fraction of sp³-hybridized carbons (Fsp3) is 0.312. The summed E-state index contributed by atoms with van der Waals surface area (Å²) in [6.07, 6.45) is -3.74. The van der Waals surface area contributed by atoms with Crippen molar-refractivity contribution >= 4 is 5.69 Å². The highest BCUT2D eigenvalue weighted by molar-refractivity contribution is 5.63. The number of aromatic nitrogens is 3. The monoisotopic (exact) mass is 398 g/mol. The lowest BCUT2D eigenvalue weighted by molar-refractivity contribution is -0.385. The van der Waals surface area contributed by atoms with Crippen molar-refractivity contribution in [1.82, 2.24) is 15.3 Å². The fourth-order valence-electron chi connectivity index (χ4n) is 2.34. The van der Waals surface area contributed by atoms with Crippen molar-refractivity contribution in [2.45, 2.75) is 25.9 Å². The molecule has 0 spiro atoms. The van der Waals surface area contributed by atoms with Crippen LogP contribution in [0.15, 0.2) is 33.3 Å². The summed E-state index contributed by atoms with van der Waals surface area (Å²) in [6.45, 7) is 1.95. The molecular formula is C16H13F3N4O5. The summed E-state index contributed by atoms with van der Waals surface area (Å²) in [6, 6.07) is 5.39. The van der Waals surface area contributed by atoms with Crippen LogP contribution in [0.1, 0.15) is 23.8 Å². The molecule has 1 aromatic carbocycles. The molecule has 0 saturated carbocycles. The molecule has 0 fully saturated rings. The third kappa shape index (κ3) is 4.45. The van der Waals surface area contributed by atoms with Gasteiger partial charge in [-0.25, -0.2) is 0 Å². The minimum atomic E-state index is -4.80. The summed E-state index contributed by atoms with van der Waals surface area (Å²) in [4.78, 5) is 13.8. The lowest BCUT2D eigenvalue weighted by Crippen LogP contribution is -2.05. The molecule has 0 amide bonds. The van der Waals surface area contributed by atoms with Gasteiger partial charge in [0.25, 0.3) is 0 Å². The number of nitrogens with zero attached hydrogens (tertiary/aromatic N) is 4. The first-order chi connectivity index (χ1) is 13.2. The summed E-state index contributed by atoms with van der Waals surface area (Å²) < 4.78 is 52.3.